The Morgan fingerprint density at radius 2 is 1.74 bits per heavy atom. The molecule has 3 aromatic rings. The zero-order valence-corrected chi connectivity index (χ0v) is 18.1. The Bertz CT molecular complexity index is 1180. The summed E-state index contributed by atoms with van der Waals surface area (Å²) in [6, 6.07) is 15.0. The fraction of sp³-hybridized carbons (Fsp3) is 0.280. The minimum Gasteiger partial charge on any atom is -0.406 e. The van der Waals surface area contributed by atoms with E-state index in [1.54, 1.807) is 47.8 Å². The van der Waals surface area contributed by atoms with Crippen molar-refractivity contribution in [3.8, 4) is 23.1 Å². The molecule has 34 heavy (non-hydrogen) atoms. The molecule has 1 aliphatic rings. The van der Waals surface area contributed by atoms with Gasteiger partial charge in [0.15, 0.2) is 0 Å². The molecule has 0 saturated carbocycles. The fourth-order valence-electron chi connectivity index (χ4n) is 4.15. The molecular formula is C25H21F3N4O2. The zero-order chi connectivity index (χ0) is 24.2. The lowest BCUT2D eigenvalue weighted by Crippen LogP contribution is -2.43. The molecule has 1 saturated heterocycles. The summed E-state index contributed by atoms with van der Waals surface area (Å²) in [5.74, 6) is -0.454. The number of piperidine rings is 1. The van der Waals surface area contributed by atoms with Gasteiger partial charge in [0.2, 0.25) is 0 Å². The van der Waals surface area contributed by atoms with Crippen molar-refractivity contribution in [2.75, 3.05) is 13.1 Å². The maximum atomic E-state index is 13.3. The Hall–Kier alpha value is -3.93. The molecular weight excluding hydrogens is 445 g/mol. The molecule has 1 fully saturated rings. The van der Waals surface area contributed by atoms with Crippen LogP contribution in [-0.4, -0.2) is 40.2 Å². The van der Waals surface area contributed by atoms with Gasteiger partial charge in [-0.05, 0) is 61.2 Å². The first kappa shape index (κ1) is 23.2. The van der Waals surface area contributed by atoms with Crippen molar-refractivity contribution in [1.82, 2.24) is 14.9 Å². The largest absolute Gasteiger partial charge is 0.573 e. The van der Waals surface area contributed by atoms with E-state index in [1.807, 2.05) is 0 Å². The standard InChI is InChI=1S/C25H21F3N4O2/c26-25(27,28)34-20-5-3-18(4-6-20)16-24(17-29)9-14-32(15-10-24)23(33)21-2-1-11-31-22(21)19-7-12-30-13-8-19/h1-8,11-13H,9-10,14-16H2. The van der Waals surface area contributed by atoms with Crippen molar-refractivity contribution in [3.63, 3.8) is 0 Å². The lowest BCUT2D eigenvalue weighted by molar-refractivity contribution is -0.274. The highest BCUT2D eigenvalue weighted by molar-refractivity contribution is 5.99. The summed E-state index contributed by atoms with van der Waals surface area (Å²) in [6.45, 7) is 0.790. The normalized spacial score (nSPS) is 15.4. The van der Waals surface area contributed by atoms with Gasteiger partial charge in [-0.15, -0.1) is 13.2 Å². The number of nitriles is 1. The van der Waals surface area contributed by atoms with Crippen LogP contribution < -0.4 is 4.74 Å². The molecule has 4 rings (SSSR count). The third-order valence-electron chi connectivity index (χ3n) is 5.94. The molecule has 0 N–H and O–H groups in total. The van der Waals surface area contributed by atoms with Crippen LogP contribution in [0.25, 0.3) is 11.3 Å². The summed E-state index contributed by atoms with van der Waals surface area (Å²) in [5.41, 5.74) is 1.89. The van der Waals surface area contributed by atoms with Crippen LogP contribution in [0, 0.1) is 16.7 Å². The maximum absolute atomic E-state index is 13.3. The molecule has 1 amide bonds. The van der Waals surface area contributed by atoms with Crippen LogP contribution in [0.5, 0.6) is 5.75 Å². The van der Waals surface area contributed by atoms with Crippen LogP contribution in [0.1, 0.15) is 28.8 Å². The average molecular weight is 466 g/mol. The lowest BCUT2D eigenvalue weighted by Gasteiger charge is -2.37. The molecule has 174 valence electrons. The first-order valence-electron chi connectivity index (χ1n) is 10.7. The summed E-state index contributed by atoms with van der Waals surface area (Å²) in [5, 5.41) is 9.90. The number of amides is 1. The van der Waals surface area contributed by atoms with E-state index < -0.39 is 11.8 Å². The van der Waals surface area contributed by atoms with E-state index >= 15 is 0 Å². The monoisotopic (exact) mass is 466 g/mol. The van der Waals surface area contributed by atoms with Gasteiger partial charge >= 0.3 is 6.36 Å². The van der Waals surface area contributed by atoms with Gasteiger partial charge in [-0.2, -0.15) is 5.26 Å². The van der Waals surface area contributed by atoms with E-state index in [0.717, 1.165) is 11.1 Å². The quantitative estimate of drug-likeness (QED) is 0.527. The first-order valence-corrected chi connectivity index (χ1v) is 10.7. The smallest absolute Gasteiger partial charge is 0.406 e. The van der Waals surface area contributed by atoms with Gasteiger partial charge in [-0.1, -0.05) is 12.1 Å². The highest BCUT2D eigenvalue weighted by atomic mass is 19.4. The number of ether oxygens (including phenoxy) is 1. The second-order valence-electron chi connectivity index (χ2n) is 8.19. The molecule has 0 unspecified atom stereocenters. The second kappa shape index (κ2) is 9.51. The molecule has 2 aromatic heterocycles. The third kappa shape index (κ3) is 5.34. The molecule has 0 spiro atoms. The van der Waals surface area contributed by atoms with Gasteiger partial charge in [0, 0.05) is 37.2 Å². The zero-order valence-electron chi connectivity index (χ0n) is 18.1. The number of hydrogen-bond acceptors (Lipinski definition) is 5. The number of hydrogen-bond donors (Lipinski definition) is 0. The summed E-state index contributed by atoms with van der Waals surface area (Å²) in [7, 11) is 0. The number of pyridine rings is 2. The Labute approximate surface area is 194 Å². The second-order valence-corrected chi connectivity index (χ2v) is 8.19. The predicted octanol–water partition coefficient (Wildman–Crippen LogP) is 5.03. The van der Waals surface area contributed by atoms with Gasteiger partial charge in [0.1, 0.15) is 5.75 Å². The van der Waals surface area contributed by atoms with Crippen LogP contribution >= 0.6 is 0 Å². The van der Waals surface area contributed by atoms with E-state index in [9.17, 15) is 23.2 Å². The highest BCUT2D eigenvalue weighted by Gasteiger charge is 2.37. The predicted molar refractivity (Wildman–Crippen MR) is 117 cm³/mol. The Balaban J connectivity index is 1.44. The number of halogens is 3. The van der Waals surface area contributed by atoms with Gasteiger partial charge in [0.05, 0.1) is 22.7 Å². The average Bonchev–Trinajstić information content (AvgIpc) is 2.85. The molecule has 6 nitrogen and oxygen atoms in total. The molecule has 1 aliphatic heterocycles. The summed E-state index contributed by atoms with van der Waals surface area (Å²) >= 11 is 0. The van der Waals surface area contributed by atoms with Gasteiger partial charge < -0.3 is 9.64 Å². The molecule has 1 aromatic carbocycles. The van der Waals surface area contributed by atoms with Crippen LogP contribution in [0.3, 0.4) is 0 Å². The van der Waals surface area contributed by atoms with Crippen molar-refractivity contribution in [3.05, 3.63) is 78.2 Å². The lowest BCUT2D eigenvalue weighted by atomic mass is 9.75. The summed E-state index contributed by atoms with van der Waals surface area (Å²) in [4.78, 5) is 23.4. The van der Waals surface area contributed by atoms with E-state index in [2.05, 4.69) is 20.8 Å². The molecule has 0 aliphatic carbocycles. The molecule has 0 radical (unpaired) electrons. The number of rotatable bonds is 5. The summed E-state index contributed by atoms with van der Waals surface area (Å²) in [6.07, 6.45) is 1.47. The number of nitrogens with zero attached hydrogens (tertiary/aromatic N) is 4. The number of likely N-dealkylation sites (tertiary alicyclic amines) is 1. The Morgan fingerprint density at radius 1 is 1.06 bits per heavy atom. The van der Waals surface area contributed by atoms with Crippen molar-refractivity contribution >= 4 is 5.91 Å². The maximum Gasteiger partial charge on any atom is 0.573 e. The third-order valence-corrected chi connectivity index (χ3v) is 5.94. The van der Waals surface area contributed by atoms with E-state index in [4.69, 9.17) is 0 Å². The topological polar surface area (TPSA) is 79.1 Å². The molecule has 3 heterocycles. The van der Waals surface area contributed by atoms with Gasteiger partial charge in [-0.3, -0.25) is 14.8 Å². The van der Waals surface area contributed by atoms with Crippen molar-refractivity contribution < 1.29 is 22.7 Å². The van der Waals surface area contributed by atoms with Gasteiger partial charge in [-0.25, -0.2) is 0 Å². The number of aromatic nitrogens is 2. The SMILES string of the molecule is N#CC1(Cc2ccc(OC(F)(F)F)cc2)CCN(C(=O)c2cccnc2-c2ccncc2)CC1. The van der Waals surface area contributed by atoms with Crippen LogP contribution in [-0.2, 0) is 6.42 Å². The fourth-order valence-corrected chi connectivity index (χ4v) is 4.15. The Kier molecular flexibility index (Phi) is 6.50. The van der Waals surface area contributed by atoms with E-state index in [1.165, 1.54) is 24.3 Å². The van der Waals surface area contributed by atoms with Gasteiger partial charge in [0.25, 0.3) is 5.91 Å². The minimum atomic E-state index is -4.75. The number of carbonyl (C=O) groups excluding carboxylic acids is 1. The van der Waals surface area contributed by atoms with Crippen LogP contribution in [0.15, 0.2) is 67.1 Å². The highest BCUT2D eigenvalue weighted by Crippen LogP contribution is 2.36. The number of alkyl halides is 3. The van der Waals surface area contributed by atoms with Crippen LogP contribution in [0.4, 0.5) is 13.2 Å². The van der Waals surface area contributed by atoms with Crippen molar-refractivity contribution in [2.45, 2.75) is 25.6 Å². The molecule has 0 bridgehead atoms. The number of carbonyl (C=O) groups is 1. The first-order chi connectivity index (χ1) is 16.3. The van der Waals surface area contributed by atoms with Crippen molar-refractivity contribution in [2.24, 2.45) is 5.41 Å². The van der Waals surface area contributed by atoms with Crippen LogP contribution in [0.2, 0.25) is 0 Å². The number of benzene rings is 1. The van der Waals surface area contributed by atoms with E-state index in [-0.39, 0.29) is 11.7 Å². The Morgan fingerprint density at radius 3 is 2.35 bits per heavy atom. The summed E-state index contributed by atoms with van der Waals surface area (Å²) < 4.78 is 41.0. The molecule has 0 atom stereocenters. The minimum absolute atomic E-state index is 0.153. The molecule has 9 heteroatoms. The van der Waals surface area contributed by atoms with Crippen molar-refractivity contribution in [1.29, 1.82) is 5.26 Å². The van der Waals surface area contributed by atoms with E-state index in [0.29, 0.717) is 43.6 Å².